The number of rotatable bonds is 7. The summed E-state index contributed by atoms with van der Waals surface area (Å²) in [7, 11) is 1.38. The fourth-order valence-electron chi connectivity index (χ4n) is 1.58. The van der Waals surface area contributed by atoms with Crippen LogP contribution in [0.3, 0.4) is 0 Å². The number of nitrogens with two attached hydrogens (primary N) is 1. The average molecular weight is 281 g/mol. The largest absolute Gasteiger partial charge is 0.469 e. The first-order valence-corrected chi connectivity index (χ1v) is 6.64. The number of methoxy groups -OCH3 is 1. The standard InChI is InChI=1S/C13H23N5O2/c1-8(2)16-13-15-7-10(14)12(18-13)17-9(3)5-6-11(19)20-4/h7-9H,5-6,14H2,1-4H3,(H2,15,16,17,18)/t9-/m0/s1. The number of carbonyl (C=O) groups is 1. The van der Waals surface area contributed by atoms with Crippen LogP contribution < -0.4 is 16.4 Å². The normalized spacial score (nSPS) is 12.1. The lowest BCUT2D eigenvalue weighted by Crippen LogP contribution is -2.20. The van der Waals surface area contributed by atoms with Gasteiger partial charge in [-0.25, -0.2) is 4.98 Å². The lowest BCUT2D eigenvalue weighted by Gasteiger charge is -2.16. The molecule has 1 heterocycles. The van der Waals surface area contributed by atoms with Gasteiger partial charge in [-0.3, -0.25) is 4.79 Å². The van der Waals surface area contributed by atoms with Crippen LogP contribution in [0.25, 0.3) is 0 Å². The first-order chi connectivity index (χ1) is 9.42. The first kappa shape index (κ1) is 16.0. The molecule has 0 spiro atoms. The van der Waals surface area contributed by atoms with Crippen LogP contribution in [0.2, 0.25) is 0 Å². The Morgan fingerprint density at radius 2 is 2.10 bits per heavy atom. The molecule has 0 bridgehead atoms. The van der Waals surface area contributed by atoms with Crippen molar-refractivity contribution in [1.82, 2.24) is 9.97 Å². The van der Waals surface area contributed by atoms with Crippen LogP contribution in [0.1, 0.15) is 33.6 Å². The Kier molecular flexibility index (Phi) is 6.02. The Labute approximate surface area is 119 Å². The molecule has 0 unspecified atom stereocenters. The van der Waals surface area contributed by atoms with Gasteiger partial charge >= 0.3 is 5.97 Å². The van der Waals surface area contributed by atoms with Gasteiger partial charge in [0, 0.05) is 18.5 Å². The molecular formula is C13H23N5O2. The third-order valence-electron chi connectivity index (χ3n) is 2.63. The highest BCUT2D eigenvalue weighted by molar-refractivity contribution is 5.69. The topological polar surface area (TPSA) is 102 Å². The summed E-state index contributed by atoms with van der Waals surface area (Å²) in [5.74, 6) is 0.869. The maximum atomic E-state index is 11.1. The smallest absolute Gasteiger partial charge is 0.305 e. The summed E-state index contributed by atoms with van der Waals surface area (Å²) in [6.45, 7) is 5.97. The van der Waals surface area contributed by atoms with Crippen LogP contribution in [-0.4, -0.2) is 35.1 Å². The highest BCUT2D eigenvalue weighted by Crippen LogP contribution is 2.18. The molecule has 0 radical (unpaired) electrons. The predicted molar refractivity (Wildman–Crippen MR) is 79.5 cm³/mol. The molecule has 0 aliphatic carbocycles. The first-order valence-electron chi connectivity index (χ1n) is 6.64. The van der Waals surface area contributed by atoms with Crippen molar-refractivity contribution in [2.45, 2.75) is 45.7 Å². The summed E-state index contributed by atoms with van der Waals surface area (Å²) in [5.41, 5.74) is 6.32. The summed E-state index contributed by atoms with van der Waals surface area (Å²) in [4.78, 5) is 19.5. The Morgan fingerprint density at radius 3 is 2.70 bits per heavy atom. The molecule has 7 nitrogen and oxygen atoms in total. The van der Waals surface area contributed by atoms with Crippen LogP contribution in [0, 0.1) is 0 Å². The van der Waals surface area contributed by atoms with Crippen molar-refractivity contribution in [2.75, 3.05) is 23.5 Å². The Morgan fingerprint density at radius 1 is 1.40 bits per heavy atom. The average Bonchev–Trinajstić information content (AvgIpc) is 2.39. The van der Waals surface area contributed by atoms with Gasteiger partial charge in [-0.05, 0) is 27.2 Å². The van der Waals surface area contributed by atoms with Gasteiger partial charge in [0.05, 0.1) is 19.0 Å². The molecule has 0 fully saturated rings. The maximum Gasteiger partial charge on any atom is 0.305 e. The molecule has 0 aliphatic rings. The number of nitrogen functional groups attached to an aromatic ring is 1. The van der Waals surface area contributed by atoms with Crippen LogP contribution in [0.15, 0.2) is 6.20 Å². The van der Waals surface area contributed by atoms with Crippen LogP contribution in [0.5, 0.6) is 0 Å². The number of nitrogens with one attached hydrogen (secondary N) is 2. The van der Waals surface area contributed by atoms with Crippen molar-refractivity contribution in [3.63, 3.8) is 0 Å². The van der Waals surface area contributed by atoms with E-state index in [4.69, 9.17) is 5.73 Å². The van der Waals surface area contributed by atoms with Gasteiger partial charge in [-0.15, -0.1) is 0 Å². The fourth-order valence-corrected chi connectivity index (χ4v) is 1.58. The third kappa shape index (κ3) is 5.29. The van der Waals surface area contributed by atoms with Gasteiger partial charge in [0.25, 0.3) is 0 Å². The zero-order chi connectivity index (χ0) is 15.1. The van der Waals surface area contributed by atoms with E-state index in [1.807, 2.05) is 20.8 Å². The Hall–Kier alpha value is -2.05. The molecule has 4 N–H and O–H groups in total. The minimum Gasteiger partial charge on any atom is -0.469 e. The molecule has 7 heteroatoms. The molecule has 1 aromatic heterocycles. The van der Waals surface area contributed by atoms with E-state index in [-0.39, 0.29) is 18.1 Å². The van der Waals surface area contributed by atoms with Crippen LogP contribution in [0.4, 0.5) is 17.5 Å². The van der Waals surface area contributed by atoms with E-state index < -0.39 is 0 Å². The number of esters is 1. The second-order valence-corrected chi connectivity index (χ2v) is 4.96. The van der Waals surface area contributed by atoms with Gasteiger partial charge in [0.2, 0.25) is 5.95 Å². The van der Waals surface area contributed by atoms with Crippen molar-refractivity contribution in [2.24, 2.45) is 0 Å². The molecule has 0 amide bonds. The molecule has 1 aromatic rings. The minimum absolute atomic E-state index is 0.0539. The van der Waals surface area contributed by atoms with Crippen molar-refractivity contribution in [3.05, 3.63) is 6.20 Å². The fraction of sp³-hybridized carbons (Fsp3) is 0.615. The lowest BCUT2D eigenvalue weighted by atomic mass is 10.2. The van der Waals surface area contributed by atoms with Crippen LogP contribution in [-0.2, 0) is 9.53 Å². The number of anilines is 3. The number of hydrogen-bond donors (Lipinski definition) is 3. The van der Waals surface area contributed by atoms with Gasteiger partial charge < -0.3 is 21.1 Å². The SMILES string of the molecule is COC(=O)CC[C@H](C)Nc1nc(NC(C)C)ncc1N. The van der Waals surface area contributed by atoms with Gasteiger partial charge in [0.15, 0.2) is 5.82 Å². The van der Waals surface area contributed by atoms with Crippen molar-refractivity contribution in [3.8, 4) is 0 Å². The number of ether oxygens (including phenoxy) is 1. The quantitative estimate of drug-likeness (QED) is 0.653. The van der Waals surface area contributed by atoms with E-state index in [9.17, 15) is 4.79 Å². The number of aromatic nitrogens is 2. The van der Waals surface area contributed by atoms with E-state index in [0.717, 1.165) is 0 Å². The molecule has 112 valence electrons. The third-order valence-corrected chi connectivity index (χ3v) is 2.63. The monoisotopic (exact) mass is 281 g/mol. The maximum absolute atomic E-state index is 11.1. The number of nitrogens with zero attached hydrogens (tertiary/aromatic N) is 2. The molecule has 0 saturated carbocycles. The van der Waals surface area contributed by atoms with Crippen molar-refractivity contribution in [1.29, 1.82) is 0 Å². The summed E-state index contributed by atoms with van der Waals surface area (Å²) < 4.78 is 4.61. The van der Waals surface area contributed by atoms with E-state index >= 15 is 0 Å². The predicted octanol–water partition coefficient (Wildman–Crippen LogP) is 1.63. The highest BCUT2D eigenvalue weighted by Gasteiger charge is 2.10. The molecule has 20 heavy (non-hydrogen) atoms. The summed E-state index contributed by atoms with van der Waals surface area (Å²) in [6.07, 6.45) is 2.56. The van der Waals surface area contributed by atoms with Crippen LogP contribution >= 0.6 is 0 Å². The van der Waals surface area contributed by atoms with Crippen molar-refractivity contribution < 1.29 is 9.53 Å². The minimum atomic E-state index is -0.225. The number of hydrogen-bond acceptors (Lipinski definition) is 7. The van der Waals surface area contributed by atoms with Gasteiger partial charge in [-0.1, -0.05) is 0 Å². The summed E-state index contributed by atoms with van der Waals surface area (Å²) >= 11 is 0. The van der Waals surface area contributed by atoms with Crippen molar-refractivity contribution >= 4 is 23.4 Å². The molecule has 1 atom stereocenters. The summed E-state index contributed by atoms with van der Waals surface area (Å²) in [6, 6.07) is 0.293. The molecule has 1 rings (SSSR count). The van der Waals surface area contributed by atoms with Gasteiger partial charge in [-0.2, -0.15) is 4.98 Å². The Bertz CT molecular complexity index is 450. The van der Waals surface area contributed by atoms with E-state index in [1.54, 1.807) is 6.20 Å². The Balaban J connectivity index is 2.63. The zero-order valence-corrected chi connectivity index (χ0v) is 12.4. The highest BCUT2D eigenvalue weighted by atomic mass is 16.5. The van der Waals surface area contributed by atoms with Gasteiger partial charge in [0.1, 0.15) is 0 Å². The second kappa shape index (κ2) is 7.52. The molecule has 0 aromatic carbocycles. The van der Waals surface area contributed by atoms with E-state index in [0.29, 0.717) is 30.3 Å². The molecular weight excluding hydrogens is 258 g/mol. The second-order valence-electron chi connectivity index (χ2n) is 4.96. The zero-order valence-electron chi connectivity index (χ0n) is 12.4. The summed E-state index contributed by atoms with van der Waals surface area (Å²) in [5, 5.41) is 6.29. The lowest BCUT2D eigenvalue weighted by molar-refractivity contribution is -0.140. The number of carbonyl (C=O) groups excluding carboxylic acids is 1. The molecule has 0 saturated heterocycles. The van der Waals surface area contributed by atoms with E-state index in [2.05, 4.69) is 25.3 Å². The van der Waals surface area contributed by atoms with E-state index in [1.165, 1.54) is 7.11 Å². The molecule has 0 aliphatic heterocycles.